The first-order valence-electron chi connectivity index (χ1n) is 13.6. The van der Waals surface area contributed by atoms with Crippen LogP contribution in [0, 0.1) is 11.8 Å². The van der Waals surface area contributed by atoms with Gasteiger partial charge in [0, 0.05) is 14.4 Å². The van der Waals surface area contributed by atoms with Gasteiger partial charge in [0.1, 0.15) is 0 Å². The molecule has 0 fully saturated rings. The summed E-state index contributed by atoms with van der Waals surface area (Å²) in [5.74, 6) is 1.58. The second kappa shape index (κ2) is 11.0. The second-order valence-electron chi connectivity index (χ2n) is 10.8. The summed E-state index contributed by atoms with van der Waals surface area (Å²) in [6, 6.07) is 9.85. The van der Waals surface area contributed by atoms with Crippen molar-refractivity contribution >= 4 is 31.9 Å². The first-order chi connectivity index (χ1) is 16.0. The van der Waals surface area contributed by atoms with Crippen LogP contribution in [0.4, 0.5) is 0 Å². The first-order valence-corrected chi connectivity index (χ1v) is 15.2. The molecule has 0 aromatic heterocycles. The van der Waals surface area contributed by atoms with E-state index in [0.717, 1.165) is 11.8 Å². The summed E-state index contributed by atoms with van der Waals surface area (Å²) < 4.78 is 2.55. The Hall–Kier alpha value is -0.600. The van der Waals surface area contributed by atoms with Gasteiger partial charge in [0.25, 0.3) is 0 Å². The van der Waals surface area contributed by atoms with E-state index in [1.54, 1.807) is 33.4 Å². The molecular weight excluding hydrogens is 532 g/mol. The zero-order valence-corrected chi connectivity index (χ0v) is 24.4. The number of halogens is 2. The fourth-order valence-electron chi connectivity index (χ4n) is 6.88. The van der Waals surface area contributed by atoms with Crippen LogP contribution in [0.1, 0.15) is 114 Å². The average Bonchev–Trinajstić information content (AvgIpc) is 3.07. The van der Waals surface area contributed by atoms with E-state index in [1.165, 1.54) is 86.0 Å². The van der Waals surface area contributed by atoms with Crippen molar-refractivity contribution in [1.82, 2.24) is 0 Å². The maximum Gasteiger partial charge on any atom is 0.0221 e. The van der Waals surface area contributed by atoms with Crippen LogP contribution in [0.15, 0.2) is 33.2 Å². The minimum atomic E-state index is 0.148. The van der Waals surface area contributed by atoms with E-state index in [-0.39, 0.29) is 5.41 Å². The average molecular weight is 574 g/mol. The van der Waals surface area contributed by atoms with Gasteiger partial charge in [0.05, 0.1) is 0 Å². The van der Waals surface area contributed by atoms with Crippen LogP contribution in [0.5, 0.6) is 0 Å². The Morgan fingerprint density at radius 1 is 0.697 bits per heavy atom. The topological polar surface area (TPSA) is 0 Å². The van der Waals surface area contributed by atoms with Gasteiger partial charge in [-0.05, 0) is 95.2 Å². The van der Waals surface area contributed by atoms with Crippen molar-refractivity contribution in [2.45, 2.75) is 110 Å². The molecule has 33 heavy (non-hydrogen) atoms. The Labute approximate surface area is 219 Å². The minimum Gasteiger partial charge on any atom is -0.0654 e. The SMILES string of the molecule is CCCCC(CC)CC1(CC(CC)CCCC)c2cc(Br)cc3c2-c2c(cc(Br)cc21)CC3. The van der Waals surface area contributed by atoms with Crippen LogP contribution in [0.2, 0.25) is 0 Å². The number of aryl methyl sites for hydroxylation is 2. The van der Waals surface area contributed by atoms with Crippen LogP contribution in [-0.4, -0.2) is 0 Å². The molecule has 0 aliphatic heterocycles. The molecule has 0 amide bonds. The van der Waals surface area contributed by atoms with Gasteiger partial charge in [-0.1, -0.05) is 111 Å². The molecule has 180 valence electrons. The summed E-state index contributed by atoms with van der Waals surface area (Å²) in [4.78, 5) is 0. The highest BCUT2D eigenvalue weighted by atomic mass is 79.9. The molecule has 4 rings (SSSR count). The molecule has 0 heterocycles. The molecule has 2 unspecified atom stereocenters. The van der Waals surface area contributed by atoms with Gasteiger partial charge in [-0.15, -0.1) is 0 Å². The smallest absolute Gasteiger partial charge is 0.0221 e. The molecule has 2 aliphatic rings. The molecule has 0 radical (unpaired) electrons. The predicted octanol–water partition coefficient (Wildman–Crippen LogP) is 10.8. The summed E-state index contributed by atoms with van der Waals surface area (Å²) in [6.45, 7) is 9.54. The van der Waals surface area contributed by atoms with Crippen molar-refractivity contribution in [2.24, 2.45) is 11.8 Å². The third-order valence-corrected chi connectivity index (χ3v) is 9.59. The normalized spacial score (nSPS) is 17.2. The van der Waals surface area contributed by atoms with Crippen LogP contribution in [0.25, 0.3) is 11.1 Å². The fraction of sp³-hybridized carbons (Fsp3) is 0.613. The molecule has 0 spiro atoms. The highest BCUT2D eigenvalue weighted by Crippen LogP contribution is 2.60. The highest BCUT2D eigenvalue weighted by Gasteiger charge is 2.47. The van der Waals surface area contributed by atoms with Gasteiger partial charge >= 0.3 is 0 Å². The van der Waals surface area contributed by atoms with E-state index in [0.29, 0.717) is 0 Å². The number of hydrogen-bond acceptors (Lipinski definition) is 0. The number of unbranched alkanes of at least 4 members (excludes halogenated alkanes) is 2. The van der Waals surface area contributed by atoms with Gasteiger partial charge in [-0.25, -0.2) is 0 Å². The molecule has 0 saturated heterocycles. The lowest BCUT2D eigenvalue weighted by Gasteiger charge is -2.39. The molecule has 0 bridgehead atoms. The maximum absolute atomic E-state index is 3.93. The molecule has 0 nitrogen and oxygen atoms in total. The molecule has 2 heteroatoms. The van der Waals surface area contributed by atoms with Gasteiger partial charge in [0.2, 0.25) is 0 Å². The third-order valence-electron chi connectivity index (χ3n) is 8.68. The van der Waals surface area contributed by atoms with Crippen LogP contribution in [-0.2, 0) is 18.3 Å². The van der Waals surface area contributed by atoms with Gasteiger partial charge in [-0.3, -0.25) is 0 Å². The Kier molecular flexibility index (Phi) is 8.48. The molecule has 2 atom stereocenters. The lowest BCUT2D eigenvalue weighted by molar-refractivity contribution is 0.266. The highest BCUT2D eigenvalue weighted by molar-refractivity contribution is 9.10. The van der Waals surface area contributed by atoms with Gasteiger partial charge in [0.15, 0.2) is 0 Å². The third kappa shape index (κ3) is 4.90. The fourth-order valence-corrected chi connectivity index (χ4v) is 7.89. The van der Waals surface area contributed by atoms with Crippen molar-refractivity contribution in [1.29, 1.82) is 0 Å². The van der Waals surface area contributed by atoms with Crippen molar-refractivity contribution < 1.29 is 0 Å². The summed E-state index contributed by atoms with van der Waals surface area (Å²) in [7, 11) is 0. The van der Waals surface area contributed by atoms with Crippen LogP contribution >= 0.6 is 31.9 Å². The molecule has 2 aromatic rings. The van der Waals surface area contributed by atoms with Crippen molar-refractivity contribution in [3.8, 4) is 11.1 Å². The van der Waals surface area contributed by atoms with Crippen molar-refractivity contribution in [2.75, 3.05) is 0 Å². The largest absolute Gasteiger partial charge is 0.0654 e. The van der Waals surface area contributed by atoms with Crippen molar-refractivity contribution in [3.05, 3.63) is 55.5 Å². The zero-order valence-electron chi connectivity index (χ0n) is 21.2. The van der Waals surface area contributed by atoms with Gasteiger partial charge in [-0.2, -0.15) is 0 Å². The first kappa shape index (κ1) is 25.5. The predicted molar refractivity (Wildman–Crippen MR) is 151 cm³/mol. The van der Waals surface area contributed by atoms with Gasteiger partial charge < -0.3 is 0 Å². The molecule has 0 saturated carbocycles. The van der Waals surface area contributed by atoms with E-state index in [1.807, 2.05) is 0 Å². The molecule has 0 N–H and O–H groups in total. The maximum atomic E-state index is 3.93. The molecular formula is C31H42Br2. The number of benzene rings is 2. The Balaban J connectivity index is 1.92. The zero-order chi connectivity index (χ0) is 23.6. The summed E-state index contributed by atoms with van der Waals surface area (Å²) in [5.41, 5.74) is 9.79. The standard InChI is InChI=1S/C31H42Br2/c1-5-9-11-21(7-3)19-31(20-22(8-4)12-10-6-2)27-17-25(32)15-23-13-14-24-16-26(33)18-28(31)30(24)29(23)27/h15-18,21-22H,5-14,19-20H2,1-4H3. The quantitative estimate of drug-likeness (QED) is 0.237. The summed E-state index contributed by atoms with van der Waals surface area (Å²) in [6.07, 6.45) is 15.6. The lowest BCUT2D eigenvalue weighted by Crippen LogP contribution is -2.31. The summed E-state index contributed by atoms with van der Waals surface area (Å²) >= 11 is 7.86. The van der Waals surface area contributed by atoms with E-state index in [9.17, 15) is 0 Å². The number of rotatable bonds is 12. The Morgan fingerprint density at radius 2 is 1.12 bits per heavy atom. The molecule has 2 aliphatic carbocycles. The van der Waals surface area contributed by atoms with E-state index >= 15 is 0 Å². The Morgan fingerprint density at radius 3 is 1.48 bits per heavy atom. The van der Waals surface area contributed by atoms with E-state index in [4.69, 9.17) is 0 Å². The summed E-state index contributed by atoms with van der Waals surface area (Å²) in [5, 5.41) is 0. The minimum absolute atomic E-state index is 0.148. The molecule has 2 aromatic carbocycles. The number of hydrogen-bond donors (Lipinski definition) is 0. The van der Waals surface area contributed by atoms with E-state index in [2.05, 4.69) is 83.8 Å². The van der Waals surface area contributed by atoms with Crippen molar-refractivity contribution in [3.63, 3.8) is 0 Å². The second-order valence-corrected chi connectivity index (χ2v) is 12.6. The Bertz CT molecular complexity index is 894. The monoisotopic (exact) mass is 572 g/mol. The lowest BCUT2D eigenvalue weighted by atomic mass is 9.65. The van der Waals surface area contributed by atoms with Crippen LogP contribution in [0.3, 0.4) is 0 Å². The van der Waals surface area contributed by atoms with E-state index < -0.39 is 0 Å². The van der Waals surface area contributed by atoms with Crippen LogP contribution < -0.4 is 0 Å².